The maximum atomic E-state index is 11.6. The summed E-state index contributed by atoms with van der Waals surface area (Å²) in [6.45, 7) is 0. The number of rotatable bonds is 5. The molecule has 0 aromatic heterocycles. The standard InChI is InChI=1S/C11H18O2/c12-9-5-4-8-11(13)10-6-2-1-3-7-10/h9-10H,1-8H2. The van der Waals surface area contributed by atoms with Gasteiger partial charge in [0.2, 0.25) is 0 Å². The van der Waals surface area contributed by atoms with Crippen LogP contribution in [0.1, 0.15) is 51.4 Å². The van der Waals surface area contributed by atoms with Crippen molar-refractivity contribution in [2.24, 2.45) is 5.92 Å². The first-order chi connectivity index (χ1) is 6.34. The van der Waals surface area contributed by atoms with E-state index in [4.69, 9.17) is 0 Å². The van der Waals surface area contributed by atoms with E-state index in [-0.39, 0.29) is 0 Å². The van der Waals surface area contributed by atoms with Gasteiger partial charge in [0.1, 0.15) is 12.1 Å². The largest absolute Gasteiger partial charge is 0.303 e. The lowest BCUT2D eigenvalue weighted by atomic mass is 9.85. The van der Waals surface area contributed by atoms with Gasteiger partial charge in [-0.15, -0.1) is 0 Å². The van der Waals surface area contributed by atoms with E-state index < -0.39 is 0 Å². The molecule has 1 aliphatic rings. The third kappa shape index (κ3) is 3.71. The van der Waals surface area contributed by atoms with Crippen LogP contribution in [0.15, 0.2) is 0 Å². The molecule has 0 aromatic rings. The summed E-state index contributed by atoms with van der Waals surface area (Å²) in [4.78, 5) is 21.6. The molecule has 1 fully saturated rings. The van der Waals surface area contributed by atoms with Gasteiger partial charge in [0.25, 0.3) is 0 Å². The van der Waals surface area contributed by atoms with Crippen molar-refractivity contribution in [3.8, 4) is 0 Å². The maximum absolute atomic E-state index is 11.6. The Balaban J connectivity index is 2.17. The average Bonchev–Trinajstić information content (AvgIpc) is 2.19. The summed E-state index contributed by atoms with van der Waals surface area (Å²) >= 11 is 0. The number of hydrogen-bond donors (Lipinski definition) is 0. The molecule has 0 aromatic carbocycles. The van der Waals surface area contributed by atoms with Crippen LogP contribution in [0.3, 0.4) is 0 Å². The molecule has 1 rings (SSSR count). The van der Waals surface area contributed by atoms with Crippen LogP contribution in [0, 0.1) is 5.92 Å². The van der Waals surface area contributed by atoms with Gasteiger partial charge in [0, 0.05) is 18.8 Å². The Kier molecular flexibility index (Phi) is 4.73. The van der Waals surface area contributed by atoms with Gasteiger partial charge in [-0.1, -0.05) is 19.3 Å². The second-order valence-electron chi connectivity index (χ2n) is 3.86. The summed E-state index contributed by atoms with van der Waals surface area (Å²) < 4.78 is 0. The van der Waals surface area contributed by atoms with E-state index >= 15 is 0 Å². The van der Waals surface area contributed by atoms with Crippen LogP contribution < -0.4 is 0 Å². The number of aldehydes is 1. The van der Waals surface area contributed by atoms with Gasteiger partial charge >= 0.3 is 0 Å². The molecule has 2 nitrogen and oxygen atoms in total. The molecule has 2 heteroatoms. The zero-order chi connectivity index (χ0) is 9.52. The fourth-order valence-electron chi connectivity index (χ4n) is 1.99. The lowest BCUT2D eigenvalue weighted by molar-refractivity contribution is -0.123. The summed E-state index contributed by atoms with van der Waals surface area (Å²) in [7, 11) is 0. The monoisotopic (exact) mass is 182 g/mol. The number of hydrogen-bond acceptors (Lipinski definition) is 2. The predicted octanol–water partition coefficient (Wildman–Crippen LogP) is 2.51. The Hall–Kier alpha value is -0.660. The number of Topliss-reactive ketones (excluding diaryl/α,β-unsaturated/α-hetero) is 1. The topological polar surface area (TPSA) is 34.1 Å². The molecule has 0 amide bonds. The Labute approximate surface area is 79.7 Å². The Morgan fingerprint density at radius 3 is 2.54 bits per heavy atom. The third-order valence-corrected chi connectivity index (χ3v) is 2.81. The highest BCUT2D eigenvalue weighted by atomic mass is 16.1. The number of ketones is 1. The highest BCUT2D eigenvalue weighted by Crippen LogP contribution is 2.25. The number of carbonyl (C=O) groups is 2. The number of carbonyl (C=O) groups excluding carboxylic acids is 2. The minimum absolute atomic E-state index is 0.320. The van der Waals surface area contributed by atoms with Gasteiger partial charge in [0.15, 0.2) is 0 Å². The van der Waals surface area contributed by atoms with E-state index in [0.717, 1.165) is 25.5 Å². The van der Waals surface area contributed by atoms with Crippen molar-refractivity contribution in [1.82, 2.24) is 0 Å². The van der Waals surface area contributed by atoms with Crippen molar-refractivity contribution < 1.29 is 9.59 Å². The highest BCUT2D eigenvalue weighted by molar-refractivity contribution is 5.81. The summed E-state index contributed by atoms with van der Waals surface area (Å²) in [5, 5.41) is 0. The molecule has 0 aliphatic heterocycles. The lowest BCUT2D eigenvalue weighted by Crippen LogP contribution is -2.17. The minimum atomic E-state index is 0.320. The van der Waals surface area contributed by atoms with Crippen LogP contribution in [0.4, 0.5) is 0 Å². The molecular weight excluding hydrogens is 164 g/mol. The molecule has 0 N–H and O–H groups in total. The van der Waals surface area contributed by atoms with Gasteiger partial charge in [0.05, 0.1) is 0 Å². The fraction of sp³-hybridized carbons (Fsp3) is 0.818. The molecule has 0 atom stereocenters. The molecule has 13 heavy (non-hydrogen) atoms. The predicted molar refractivity (Wildman–Crippen MR) is 51.5 cm³/mol. The van der Waals surface area contributed by atoms with E-state index in [1.165, 1.54) is 19.3 Å². The summed E-state index contributed by atoms with van der Waals surface area (Å²) in [6.07, 6.45) is 8.68. The fourth-order valence-corrected chi connectivity index (χ4v) is 1.99. The minimum Gasteiger partial charge on any atom is -0.303 e. The van der Waals surface area contributed by atoms with E-state index in [0.29, 0.717) is 24.5 Å². The third-order valence-electron chi connectivity index (χ3n) is 2.81. The Bertz CT molecular complexity index is 169. The SMILES string of the molecule is O=CCCCC(=O)C1CCCCC1. The molecular formula is C11H18O2. The quantitative estimate of drug-likeness (QED) is 0.483. The smallest absolute Gasteiger partial charge is 0.135 e. The van der Waals surface area contributed by atoms with Crippen LogP contribution >= 0.6 is 0 Å². The zero-order valence-corrected chi connectivity index (χ0v) is 8.13. The van der Waals surface area contributed by atoms with Crippen molar-refractivity contribution in [1.29, 1.82) is 0 Å². The first-order valence-corrected chi connectivity index (χ1v) is 5.31. The molecule has 0 radical (unpaired) electrons. The van der Waals surface area contributed by atoms with Gasteiger partial charge in [-0.25, -0.2) is 0 Å². The summed E-state index contributed by atoms with van der Waals surface area (Å²) in [5.41, 5.74) is 0. The van der Waals surface area contributed by atoms with E-state index in [1.54, 1.807) is 0 Å². The van der Waals surface area contributed by atoms with Crippen molar-refractivity contribution in [2.75, 3.05) is 0 Å². The average molecular weight is 182 g/mol. The molecule has 1 saturated carbocycles. The first-order valence-electron chi connectivity index (χ1n) is 5.31. The summed E-state index contributed by atoms with van der Waals surface area (Å²) in [5.74, 6) is 0.710. The molecule has 1 aliphatic carbocycles. The van der Waals surface area contributed by atoms with Crippen LogP contribution in [0.25, 0.3) is 0 Å². The zero-order valence-electron chi connectivity index (χ0n) is 8.13. The van der Waals surface area contributed by atoms with Gasteiger partial charge in [-0.05, 0) is 19.3 Å². The van der Waals surface area contributed by atoms with Crippen LogP contribution in [-0.2, 0) is 9.59 Å². The van der Waals surface area contributed by atoms with Gasteiger partial charge in [-0.2, -0.15) is 0 Å². The van der Waals surface area contributed by atoms with Crippen molar-refractivity contribution in [2.45, 2.75) is 51.4 Å². The first kappa shape index (κ1) is 10.4. The van der Waals surface area contributed by atoms with Gasteiger partial charge < -0.3 is 4.79 Å². The Morgan fingerprint density at radius 1 is 1.23 bits per heavy atom. The van der Waals surface area contributed by atoms with Crippen LogP contribution in [-0.4, -0.2) is 12.1 Å². The van der Waals surface area contributed by atoms with Crippen LogP contribution in [0.2, 0.25) is 0 Å². The van der Waals surface area contributed by atoms with Crippen LogP contribution in [0.5, 0.6) is 0 Å². The molecule has 0 unspecified atom stereocenters. The molecule has 0 bridgehead atoms. The normalized spacial score (nSPS) is 18.5. The van der Waals surface area contributed by atoms with E-state index in [2.05, 4.69) is 0 Å². The van der Waals surface area contributed by atoms with Crippen molar-refractivity contribution in [3.63, 3.8) is 0 Å². The van der Waals surface area contributed by atoms with E-state index in [9.17, 15) is 9.59 Å². The Morgan fingerprint density at radius 2 is 1.92 bits per heavy atom. The maximum Gasteiger partial charge on any atom is 0.135 e. The summed E-state index contributed by atoms with van der Waals surface area (Å²) in [6, 6.07) is 0. The van der Waals surface area contributed by atoms with Gasteiger partial charge in [-0.3, -0.25) is 4.79 Å². The molecule has 0 spiro atoms. The highest BCUT2D eigenvalue weighted by Gasteiger charge is 2.19. The molecule has 0 saturated heterocycles. The van der Waals surface area contributed by atoms with E-state index in [1.807, 2.05) is 0 Å². The molecule has 0 heterocycles. The number of unbranched alkanes of at least 4 members (excludes halogenated alkanes) is 1. The van der Waals surface area contributed by atoms with Crippen molar-refractivity contribution >= 4 is 12.1 Å². The molecule has 74 valence electrons. The second kappa shape index (κ2) is 5.90. The second-order valence-corrected chi connectivity index (χ2v) is 3.86. The lowest BCUT2D eigenvalue weighted by Gasteiger charge is -2.19. The van der Waals surface area contributed by atoms with Crippen molar-refractivity contribution in [3.05, 3.63) is 0 Å².